The second-order valence-electron chi connectivity index (χ2n) is 5.20. The molecular weight excluding hydrogens is 254 g/mol. The minimum Gasteiger partial charge on any atom is -0.387 e. The molecule has 2 rings (SSSR count). The minimum atomic E-state index is -0.538. The summed E-state index contributed by atoms with van der Waals surface area (Å²) in [6.07, 6.45) is -0.538. The zero-order valence-electron chi connectivity index (χ0n) is 12.1. The van der Waals surface area contributed by atoms with Gasteiger partial charge < -0.3 is 14.9 Å². The molecule has 0 spiro atoms. The maximum atomic E-state index is 10.1. The van der Waals surface area contributed by atoms with Gasteiger partial charge in [-0.05, 0) is 17.0 Å². The molecule has 0 saturated carbocycles. The van der Waals surface area contributed by atoms with Crippen molar-refractivity contribution in [1.29, 1.82) is 0 Å². The minimum absolute atomic E-state index is 0.453. The van der Waals surface area contributed by atoms with E-state index < -0.39 is 6.10 Å². The van der Waals surface area contributed by atoms with Crippen LogP contribution in [0.2, 0.25) is 0 Å². The molecule has 1 unspecified atom stereocenters. The van der Waals surface area contributed by atoms with Crippen molar-refractivity contribution in [3.63, 3.8) is 0 Å². The van der Waals surface area contributed by atoms with Gasteiger partial charge in [0.05, 0.1) is 12.6 Å². The fraction of sp³-hybridized carbons (Fsp3) is 0.467. The summed E-state index contributed by atoms with van der Waals surface area (Å²) in [4.78, 5) is 4.09. The van der Waals surface area contributed by atoms with Gasteiger partial charge in [0.1, 0.15) is 0 Å². The van der Waals surface area contributed by atoms with E-state index in [1.807, 2.05) is 12.1 Å². The molecule has 0 aliphatic rings. The van der Waals surface area contributed by atoms with Crippen molar-refractivity contribution in [2.75, 3.05) is 6.54 Å². The van der Waals surface area contributed by atoms with Crippen LogP contribution in [0, 0.1) is 6.92 Å². The molecule has 0 aliphatic carbocycles. The van der Waals surface area contributed by atoms with Gasteiger partial charge >= 0.3 is 0 Å². The van der Waals surface area contributed by atoms with Crippen molar-refractivity contribution in [1.82, 2.24) is 15.5 Å². The topological polar surface area (TPSA) is 71.2 Å². The number of nitrogens with one attached hydrogen (secondary N) is 1. The lowest BCUT2D eigenvalue weighted by Crippen LogP contribution is -2.21. The molecule has 2 N–H and O–H groups in total. The summed E-state index contributed by atoms with van der Waals surface area (Å²) in [5, 5.41) is 17.0. The Hall–Kier alpha value is -1.72. The molecule has 0 bridgehead atoms. The maximum Gasteiger partial charge on any atom is 0.223 e. The van der Waals surface area contributed by atoms with Crippen LogP contribution < -0.4 is 5.32 Å². The van der Waals surface area contributed by atoms with Crippen LogP contribution in [0.5, 0.6) is 0 Å². The van der Waals surface area contributed by atoms with Crippen LogP contribution in [0.3, 0.4) is 0 Å². The summed E-state index contributed by atoms with van der Waals surface area (Å²) >= 11 is 0. The molecule has 1 aromatic heterocycles. The molecule has 5 heteroatoms. The monoisotopic (exact) mass is 275 g/mol. The number of benzene rings is 1. The first-order chi connectivity index (χ1) is 9.56. The van der Waals surface area contributed by atoms with E-state index in [2.05, 4.69) is 41.4 Å². The van der Waals surface area contributed by atoms with Crippen molar-refractivity contribution in [2.45, 2.75) is 39.3 Å². The van der Waals surface area contributed by atoms with Crippen LogP contribution in [-0.4, -0.2) is 21.8 Å². The zero-order chi connectivity index (χ0) is 14.5. The lowest BCUT2D eigenvalue weighted by atomic mass is 10.00. The molecule has 0 saturated heterocycles. The van der Waals surface area contributed by atoms with E-state index in [1.165, 1.54) is 5.56 Å². The van der Waals surface area contributed by atoms with Crippen LogP contribution in [0.25, 0.3) is 0 Å². The van der Waals surface area contributed by atoms with Gasteiger partial charge in [-0.25, -0.2) is 0 Å². The third-order valence-corrected chi connectivity index (χ3v) is 3.18. The average molecular weight is 275 g/mol. The highest BCUT2D eigenvalue weighted by atomic mass is 16.5. The van der Waals surface area contributed by atoms with Gasteiger partial charge in [-0.1, -0.05) is 43.3 Å². The van der Waals surface area contributed by atoms with Crippen LogP contribution in [-0.2, 0) is 6.54 Å². The molecule has 5 nitrogen and oxygen atoms in total. The van der Waals surface area contributed by atoms with Gasteiger partial charge in [0.15, 0.2) is 5.82 Å². The van der Waals surface area contributed by atoms with Gasteiger partial charge in [-0.15, -0.1) is 0 Å². The maximum absolute atomic E-state index is 10.1. The number of hydrogen-bond acceptors (Lipinski definition) is 5. The lowest BCUT2D eigenvalue weighted by molar-refractivity contribution is 0.174. The van der Waals surface area contributed by atoms with E-state index in [-0.39, 0.29) is 0 Å². The number of hydrogen-bond donors (Lipinski definition) is 2. The Morgan fingerprint density at radius 2 is 1.85 bits per heavy atom. The molecule has 0 fully saturated rings. The molecule has 108 valence electrons. The first kappa shape index (κ1) is 14.7. The third kappa shape index (κ3) is 3.88. The number of nitrogens with zero attached hydrogens (tertiary/aromatic N) is 2. The third-order valence-electron chi connectivity index (χ3n) is 3.18. The molecule has 1 heterocycles. The number of aliphatic hydroxyl groups excluding tert-OH is 1. The summed E-state index contributed by atoms with van der Waals surface area (Å²) in [6.45, 7) is 6.99. The number of aryl methyl sites for hydroxylation is 1. The summed E-state index contributed by atoms with van der Waals surface area (Å²) in [6, 6.07) is 8.07. The molecule has 20 heavy (non-hydrogen) atoms. The van der Waals surface area contributed by atoms with E-state index >= 15 is 0 Å². The zero-order valence-corrected chi connectivity index (χ0v) is 12.1. The Kier molecular flexibility index (Phi) is 4.87. The van der Waals surface area contributed by atoms with Gasteiger partial charge in [0, 0.05) is 13.5 Å². The summed E-state index contributed by atoms with van der Waals surface area (Å²) in [5.74, 6) is 1.65. The molecule has 0 aliphatic heterocycles. The molecule has 1 aromatic carbocycles. The first-order valence-corrected chi connectivity index (χ1v) is 6.84. The van der Waals surface area contributed by atoms with Gasteiger partial charge in [0.25, 0.3) is 0 Å². The predicted octanol–water partition coefficient (Wildman–Crippen LogP) is 2.32. The number of aromatic nitrogens is 2. The van der Waals surface area contributed by atoms with Gasteiger partial charge in [-0.2, -0.15) is 4.98 Å². The van der Waals surface area contributed by atoms with E-state index in [0.29, 0.717) is 30.7 Å². The number of aliphatic hydroxyl groups is 1. The van der Waals surface area contributed by atoms with Crippen molar-refractivity contribution in [2.24, 2.45) is 0 Å². The average Bonchev–Trinajstić information content (AvgIpc) is 2.84. The van der Waals surface area contributed by atoms with Crippen LogP contribution >= 0.6 is 0 Å². The lowest BCUT2D eigenvalue weighted by Gasteiger charge is -2.13. The van der Waals surface area contributed by atoms with Crippen LogP contribution in [0.4, 0.5) is 0 Å². The molecule has 0 radical (unpaired) electrons. The summed E-state index contributed by atoms with van der Waals surface area (Å²) in [5.41, 5.74) is 2.18. The standard InChI is InChI=1S/C15H21N3O2/c1-10(2)12-4-6-13(7-5-12)14(19)8-16-9-15-17-11(3)20-18-15/h4-7,10,14,16,19H,8-9H2,1-3H3. The van der Waals surface area contributed by atoms with Crippen LogP contribution in [0.1, 0.15) is 48.7 Å². The summed E-state index contributed by atoms with van der Waals surface area (Å²) in [7, 11) is 0. The molecular formula is C15H21N3O2. The van der Waals surface area contributed by atoms with Gasteiger partial charge in [0.2, 0.25) is 5.89 Å². The molecule has 1 atom stereocenters. The Morgan fingerprint density at radius 1 is 1.20 bits per heavy atom. The van der Waals surface area contributed by atoms with Crippen LogP contribution in [0.15, 0.2) is 28.8 Å². The highest BCUT2D eigenvalue weighted by molar-refractivity contribution is 5.26. The quantitative estimate of drug-likeness (QED) is 0.846. The smallest absolute Gasteiger partial charge is 0.223 e. The van der Waals surface area contributed by atoms with Crippen molar-refractivity contribution in [3.8, 4) is 0 Å². The second kappa shape index (κ2) is 6.63. The van der Waals surface area contributed by atoms with E-state index in [1.54, 1.807) is 6.92 Å². The first-order valence-electron chi connectivity index (χ1n) is 6.84. The Balaban J connectivity index is 1.83. The normalized spacial score (nSPS) is 12.8. The highest BCUT2D eigenvalue weighted by Gasteiger charge is 2.09. The van der Waals surface area contributed by atoms with Crippen molar-refractivity contribution >= 4 is 0 Å². The van der Waals surface area contributed by atoms with Gasteiger partial charge in [-0.3, -0.25) is 0 Å². The Morgan fingerprint density at radius 3 is 2.40 bits per heavy atom. The van der Waals surface area contributed by atoms with E-state index in [0.717, 1.165) is 5.56 Å². The Bertz CT molecular complexity index is 534. The SMILES string of the molecule is Cc1nc(CNCC(O)c2ccc(C(C)C)cc2)no1. The second-order valence-corrected chi connectivity index (χ2v) is 5.20. The Labute approximate surface area is 119 Å². The fourth-order valence-electron chi connectivity index (χ4n) is 1.95. The summed E-state index contributed by atoms with van der Waals surface area (Å²) < 4.78 is 4.88. The largest absolute Gasteiger partial charge is 0.387 e. The van der Waals surface area contributed by atoms with E-state index in [9.17, 15) is 5.11 Å². The molecule has 0 amide bonds. The van der Waals surface area contributed by atoms with E-state index in [4.69, 9.17) is 4.52 Å². The van der Waals surface area contributed by atoms with Crippen molar-refractivity contribution < 1.29 is 9.63 Å². The number of rotatable bonds is 6. The predicted molar refractivity (Wildman–Crippen MR) is 76.2 cm³/mol. The van der Waals surface area contributed by atoms with Crippen molar-refractivity contribution in [3.05, 3.63) is 47.1 Å². The fourth-order valence-corrected chi connectivity index (χ4v) is 1.95. The highest BCUT2D eigenvalue weighted by Crippen LogP contribution is 2.18. The molecule has 2 aromatic rings.